The van der Waals surface area contributed by atoms with Crippen molar-refractivity contribution in [1.82, 2.24) is 4.90 Å². The first-order valence-electron chi connectivity index (χ1n) is 6.27. The Kier molecular flexibility index (Phi) is 5.21. The third kappa shape index (κ3) is 3.98. The van der Waals surface area contributed by atoms with E-state index in [0.717, 1.165) is 5.56 Å². The third-order valence-electron chi connectivity index (χ3n) is 2.93. The van der Waals surface area contributed by atoms with Crippen molar-refractivity contribution in [2.45, 2.75) is 6.54 Å². The molecule has 106 valence electrons. The predicted octanol–water partition coefficient (Wildman–Crippen LogP) is 4.16. The van der Waals surface area contributed by atoms with Gasteiger partial charge in [-0.05, 0) is 23.8 Å². The molecule has 0 aliphatic carbocycles. The van der Waals surface area contributed by atoms with Gasteiger partial charge in [0.25, 0.3) is 5.91 Å². The zero-order valence-electron chi connectivity index (χ0n) is 11.1. The Morgan fingerprint density at radius 1 is 1.10 bits per heavy atom. The van der Waals surface area contributed by atoms with Crippen molar-refractivity contribution in [2.75, 3.05) is 6.54 Å². The highest BCUT2D eigenvalue weighted by Gasteiger charge is 2.16. The maximum Gasteiger partial charge on any atom is 0.255 e. The molecule has 2 rings (SSSR count). The van der Waals surface area contributed by atoms with Crippen molar-refractivity contribution < 1.29 is 4.79 Å². The largest absolute Gasteiger partial charge is 0.321 e. The molecule has 0 aromatic heterocycles. The van der Waals surface area contributed by atoms with Crippen molar-refractivity contribution in [2.24, 2.45) is 0 Å². The number of carbonyl (C=O) groups excluding carboxylic acids is 1. The monoisotopic (exact) mass is 318 g/mol. The lowest BCUT2D eigenvalue weighted by atomic mass is 10.1. The van der Waals surface area contributed by atoms with Crippen LogP contribution in [0.4, 0.5) is 0 Å². The zero-order chi connectivity index (χ0) is 15.2. The predicted molar refractivity (Wildman–Crippen MR) is 83.3 cm³/mol. The molecule has 2 aromatic rings. The molecule has 0 radical (unpaired) electrons. The molecule has 0 bridgehead atoms. The summed E-state index contributed by atoms with van der Waals surface area (Å²) in [6.07, 6.45) is 0. The second kappa shape index (κ2) is 7.12. The van der Waals surface area contributed by atoms with Gasteiger partial charge in [0.15, 0.2) is 0 Å². The Hall–Kier alpha value is -2.02. The maximum atomic E-state index is 12.5. The fraction of sp³-hybridized carbons (Fsp3) is 0.125. The highest BCUT2D eigenvalue weighted by Crippen LogP contribution is 2.23. The molecule has 2 aromatic carbocycles. The Morgan fingerprint density at radius 2 is 1.81 bits per heavy atom. The number of halogens is 2. The van der Waals surface area contributed by atoms with E-state index in [-0.39, 0.29) is 12.5 Å². The van der Waals surface area contributed by atoms with Crippen LogP contribution in [0.5, 0.6) is 0 Å². The number of amides is 1. The smallest absolute Gasteiger partial charge is 0.255 e. The van der Waals surface area contributed by atoms with Crippen molar-refractivity contribution >= 4 is 29.1 Å². The second-order valence-electron chi connectivity index (χ2n) is 4.43. The summed E-state index contributed by atoms with van der Waals surface area (Å²) in [5.41, 5.74) is 1.37. The topological polar surface area (TPSA) is 44.1 Å². The molecule has 0 spiro atoms. The molecule has 21 heavy (non-hydrogen) atoms. The van der Waals surface area contributed by atoms with Crippen LogP contribution >= 0.6 is 23.2 Å². The number of nitrogens with zero attached hydrogens (tertiary/aromatic N) is 2. The number of hydrogen-bond donors (Lipinski definition) is 0. The Labute approximate surface area is 133 Å². The van der Waals surface area contributed by atoms with Gasteiger partial charge >= 0.3 is 0 Å². The first kappa shape index (κ1) is 15.4. The summed E-state index contributed by atoms with van der Waals surface area (Å²) in [5, 5.41) is 9.63. The molecule has 5 heteroatoms. The van der Waals surface area contributed by atoms with Gasteiger partial charge in [-0.2, -0.15) is 5.26 Å². The number of hydrogen-bond acceptors (Lipinski definition) is 2. The van der Waals surface area contributed by atoms with Crippen molar-refractivity contribution in [3.63, 3.8) is 0 Å². The molecule has 1 amide bonds. The Balaban J connectivity index is 2.23. The Bertz CT molecular complexity index is 680. The molecule has 0 heterocycles. The number of nitriles is 1. The average Bonchev–Trinajstić information content (AvgIpc) is 2.50. The summed E-state index contributed by atoms with van der Waals surface area (Å²) in [4.78, 5) is 13.9. The maximum absolute atomic E-state index is 12.5. The normalized spacial score (nSPS) is 9.95. The third-order valence-corrected chi connectivity index (χ3v) is 3.67. The lowest BCUT2D eigenvalue weighted by molar-refractivity contribution is 0.0765. The van der Waals surface area contributed by atoms with E-state index >= 15 is 0 Å². The molecule has 0 unspecified atom stereocenters. The quantitative estimate of drug-likeness (QED) is 0.794. The van der Waals surface area contributed by atoms with E-state index in [1.807, 2.05) is 36.4 Å². The SMILES string of the molecule is N#CCN(Cc1ccccc1)C(=O)c1ccc(Cl)c(Cl)c1. The molecule has 3 nitrogen and oxygen atoms in total. The lowest BCUT2D eigenvalue weighted by Gasteiger charge is -2.20. The molecule has 0 saturated carbocycles. The van der Waals surface area contributed by atoms with Crippen LogP contribution < -0.4 is 0 Å². The van der Waals surface area contributed by atoms with E-state index in [9.17, 15) is 4.79 Å². The first-order valence-corrected chi connectivity index (χ1v) is 7.02. The van der Waals surface area contributed by atoms with Crippen LogP contribution in [-0.4, -0.2) is 17.4 Å². The van der Waals surface area contributed by atoms with E-state index in [1.165, 1.54) is 11.0 Å². The van der Waals surface area contributed by atoms with Gasteiger partial charge in [-0.1, -0.05) is 53.5 Å². The number of rotatable bonds is 4. The molecular weight excluding hydrogens is 307 g/mol. The summed E-state index contributed by atoms with van der Waals surface area (Å²) in [5.74, 6) is -0.251. The van der Waals surface area contributed by atoms with Crippen LogP contribution in [0.2, 0.25) is 10.0 Å². The van der Waals surface area contributed by atoms with Gasteiger partial charge in [0.2, 0.25) is 0 Å². The summed E-state index contributed by atoms with van der Waals surface area (Å²) in [6, 6.07) is 16.2. The molecule has 0 aliphatic heterocycles. The van der Waals surface area contributed by atoms with Crippen molar-refractivity contribution in [3.05, 3.63) is 69.7 Å². The first-order chi connectivity index (χ1) is 10.1. The molecular formula is C16H12Cl2N2O. The van der Waals surface area contributed by atoms with Gasteiger partial charge in [0.1, 0.15) is 6.54 Å². The summed E-state index contributed by atoms with van der Waals surface area (Å²) >= 11 is 11.8. The van der Waals surface area contributed by atoms with Gasteiger partial charge in [0.05, 0.1) is 16.1 Å². The standard InChI is InChI=1S/C16H12Cl2N2O/c17-14-7-6-13(10-15(14)18)16(21)20(9-8-19)11-12-4-2-1-3-5-12/h1-7,10H,9,11H2. The number of benzene rings is 2. The van der Waals surface area contributed by atoms with E-state index in [1.54, 1.807) is 12.1 Å². The van der Waals surface area contributed by atoms with Crippen molar-refractivity contribution in [1.29, 1.82) is 5.26 Å². The summed E-state index contributed by atoms with van der Waals surface area (Å²) in [6.45, 7) is 0.376. The highest BCUT2D eigenvalue weighted by atomic mass is 35.5. The van der Waals surface area contributed by atoms with E-state index < -0.39 is 0 Å². The van der Waals surface area contributed by atoms with Crippen LogP contribution in [-0.2, 0) is 6.54 Å². The minimum absolute atomic E-state index is 0.00791. The van der Waals surface area contributed by atoms with E-state index in [4.69, 9.17) is 28.5 Å². The fourth-order valence-corrected chi connectivity index (χ4v) is 2.20. The minimum atomic E-state index is -0.251. The van der Waals surface area contributed by atoms with Crippen LogP contribution in [0.25, 0.3) is 0 Å². The fourth-order valence-electron chi connectivity index (χ4n) is 1.90. The number of carbonyl (C=O) groups is 1. The van der Waals surface area contributed by atoms with E-state index in [0.29, 0.717) is 22.2 Å². The summed E-state index contributed by atoms with van der Waals surface area (Å²) in [7, 11) is 0. The lowest BCUT2D eigenvalue weighted by Crippen LogP contribution is -2.30. The second-order valence-corrected chi connectivity index (χ2v) is 5.25. The van der Waals surface area contributed by atoms with Gasteiger partial charge in [-0.25, -0.2) is 0 Å². The van der Waals surface area contributed by atoms with Crippen LogP contribution in [0.1, 0.15) is 15.9 Å². The molecule has 0 N–H and O–H groups in total. The Morgan fingerprint density at radius 3 is 2.43 bits per heavy atom. The van der Waals surface area contributed by atoms with Crippen LogP contribution in [0.3, 0.4) is 0 Å². The van der Waals surface area contributed by atoms with Gasteiger partial charge in [0, 0.05) is 12.1 Å². The molecule has 0 atom stereocenters. The highest BCUT2D eigenvalue weighted by molar-refractivity contribution is 6.42. The molecule has 0 saturated heterocycles. The van der Waals surface area contributed by atoms with Crippen molar-refractivity contribution in [3.8, 4) is 6.07 Å². The van der Waals surface area contributed by atoms with Gasteiger partial charge in [-0.15, -0.1) is 0 Å². The van der Waals surface area contributed by atoms with Gasteiger partial charge in [-0.3, -0.25) is 4.79 Å². The summed E-state index contributed by atoms with van der Waals surface area (Å²) < 4.78 is 0. The zero-order valence-corrected chi connectivity index (χ0v) is 12.6. The van der Waals surface area contributed by atoms with Gasteiger partial charge < -0.3 is 4.90 Å². The average molecular weight is 319 g/mol. The van der Waals surface area contributed by atoms with E-state index in [2.05, 4.69) is 0 Å². The van der Waals surface area contributed by atoms with Crippen LogP contribution in [0, 0.1) is 11.3 Å². The molecule has 0 aliphatic rings. The minimum Gasteiger partial charge on any atom is -0.321 e. The van der Waals surface area contributed by atoms with Crippen LogP contribution in [0.15, 0.2) is 48.5 Å². The molecule has 0 fully saturated rings.